The van der Waals surface area contributed by atoms with Gasteiger partial charge < -0.3 is 15.0 Å². The second kappa shape index (κ2) is 10.8. The number of carbonyl (C=O) groups excluding carboxylic acids is 1. The minimum Gasteiger partial charge on any atom is -0.497 e. The monoisotopic (exact) mass is 485 g/mol. The van der Waals surface area contributed by atoms with Gasteiger partial charge >= 0.3 is 0 Å². The van der Waals surface area contributed by atoms with Gasteiger partial charge in [-0.3, -0.25) is 14.2 Å². The average molecular weight is 486 g/mol. The Morgan fingerprint density at radius 3 is 2.70 bits per heavy atom. The van der Waals surface area contributed by atoms with Crippen molar-refractivity contribution in [2.24, 2.45) is 0 Å². The van der Waals surface area contributed by atoms with E-state index in [9.17, 15) is 9.59 Å². The van der Waals surface area contributed by atoms with Crippen LogP contribution in [0.4, 0.5) is 5.13 Å². The molecule has 10 heteroatoms. The van der Waals surface area contributed by atoms with Crippen LogP contribution in [0.25, 0.3) is 10.3 Å². The van der Waals surface area contributed by atoms with E-state index in [-0.39, 0.29) is 17.2 Å². The number of piperidine rings is 1. The van der Waals surface area contributed by atoms with Gasteiger partial charge in [0, 0.05) is 26.2 Å². The third-order valence-electron chi connectivity index (χ3n) is 5.39. The van der Waals surface area contributed by atoms with Crippen LogP contribution in [0.5, 0.6) is 5.75 Å². The van der Waals surface area contributed by atoms with Gasteiger partial charge in [-0.1, -0.05) is 41.3 Å². The molecule has 1 fully saturated rings. The molecule has 174 valence electrons. The average Bonchev–Trinajstić information content (AvgIpc) is 3.29. The van der Waals surface area contributed by atoms with Crippen molar-refractivity contribution < 1.29 is 9.53 Å². The molecule has 3 aromatic rings. The third-order valence-corrected chi connectivity index (χ3v) is 7.46. The molecule has 1 aliphatic heterocycles. The molecular formula is C23H27N5O3S2. The number of benzene rings is 1. The van der Waals surface area contributed by atoms with E-state index in [1.165, 1.54) is 29.5 Å². The van der Waals surface area contributed by atoms with Crippen LogP contribution >= 0.6 is 23.1 Å². The molecule has 0 bridgehead atoms. The summed E-state index contributed by atoms with van der Waals surface area (Å²) in [4.78, 5) is 37.1. The number of rotatable bonds is 9. The number of thiazole rings is 1. The molecule has 3 heterocycles. The summed E-state index contributed by atoms with van der Waals surface area (Å²) in [6.07, 6.45) is 5.16. The molecule has 0 saturated carbocycles. The lowest BCUT2D eigenvalue weighted by Crippen LogP contribution is -2.29. The molecule has 0 atom stereocenters. The van der Waals surface area contributed by atoms with Crippen molar-refractivity contribution in [1.82, 2.24) is 19.9 Å². The van der Waals surface area contributed by atoms with Gasteiger partial charge in [0.2, 0.25) is 5.91 Å². The summed E-state index contributed by atoms with van der Waals surface area (Å²) >= 11 is 2.63. The number of thioether (sulfide) groups is 1. The standard InChI is InChI=1S/C23H27N5O3S2/c1-3-11-28-21(30)19-20(25-22(33-19)27-12-5-4-6-13-27)26-23(28)32-15-18(29)24-14-16-7-9-17(31-2)10-8-16/h3,7-10H,1,4-6,11-15H2,2H3,(H,24,29). The maximum absolute atomic E-state index is 13.1. The van der Waals surface area contributed by atoms with E-state index in [1.54, 1.807) is 17.8 Å². The maximum Gasteiger partial charge on any atom is 0.274 e. The molecule has 0 aliphatic carbocycles. The maximum atomic E-state index is 13.1. The van der Waals surface area contributed by atoms with Crippen molar-refractivity contribution in [2.75, 3.05) is 30.9 Å². The van der Waals surface area contributed by atoms with Crippen molar-refractivity contribution in [3.05, 3.63) is 52.8 Å². The summed E-state index contributed by atoms with van der Waals surface area (Å²) < 4.78 is 7.26. The SMILES string of the molecule is C=CCn1c(SCC(=O)NCc2ccc(OC)cc2)nc2nc(N3CCCCC3)sc2c1=O. The minimum atomic E-state index is -0.137. The van der Waals surface area contributed by atoms with Gasteiger partial charge in [-0.2, -0.15) is 4.98 Å². The van der Waals surface area contributed by atoms with Crippen molar-refractivity contribution in [3.8, 4) is 5.75 Å². The summed E-state index contributed by atoms with van der Waals surface area (Å²) in [6.45, 7) is 6.42. The molecule has 4 rings (SSSR count). The number of allylic oxidation sites excluding steroid dienone is 1. The van der Waals surface area contributed by atoms with E-state index in [1.807, 2.05) is 24.3 Å². The number of amides is 1. The number of aromatic nitrogens is 3. The van der Waals surface area contributed by atoms with Crippen molar-refractivity contribution >= 4 is 44.5 Å². The number of hydrogen-bond donors (Lipinski definition) is 1. The van der Waals surface area contributed by atoms with Crippen LogP contribution in [0.3, 0.4) is 0 Å². The Bertz CT molecular complexity index is 1180. The highest BCUT2D eigenvalue weighted by Gasteiger charge is 2.20. The Hall–Kier alpha value is -2.85. The highest BCUT2D eigenvalue weighted by atomic mass is 32.2. The molecule has 0 radical (unpaired) electrons. The van der Waals surface area contributed by atoms with Gasteiger partial charge in [0.25, 0.3) is 5.56 Å². The Morgan fingerprint density at radius 2 is 2.00 bits per heavy atom. The number of nitrogens with one attached hydrogen (secondary N) is 1. The van der Waals surface area contributed by atoms with E-state index >= 15 is 0 Å². The fourth-order valence-electron chi connectivity index (χ4n) is 3.62. The van der Waals surface area contributed by atoms with Crippen LogP contribution in [-0.4, -0.2) is 46.4 Å². The van der Waals surface area contributed by atoms with Gasteiger partial charge in [-0.05, 0) is 37.0 Å². The van der Waals surface area contributed by atoms with Crippen molar-refractivity contribution in [2.45, 2.75) is 37.5 Å². The first-order chi connectivity index (χ1) is 16.1. The largest absolute Gasteiger partial charge is 0.497 e. The van der Waals surface area contributed by atoms with Gasteiger partial charge in [0.1, 0.15) is 10.4 Å². The van der Waals surface area contributed by atoms with Crippen LogP contribution in [-0.2, 0) is 17.9 Å². The second-order valence-electron chi connectivity index (χ2n) is 7.71. The number of hydrogen-bond acceptors (Lipinski definition) is 8. The number of anilines is 1. The molecule has 1 aliphatic rings. The number of ether oxygens (including phenoxy) is 1. The summed E-state index contributed by atoms with van der Waals surface area (Å²) in [5.41, 5.74) is 1.29. The predicted molar refractivity (Wildman–Crippen MR) is 134 cm³/mol. The molecule has 1 aromatic carbocycles. The van der Waals surface area contributed by atoms with Gasteiger partial charge in [0.05, 0.1) is 12.9 Å². The third kappa shape index (κ3) is 5.56. The minimum absolute atomic E-state index is 0.136. The molecule has 8 nitrogen and oxygen atoms in total. The molecule has 1 N–H and O–H groups in total. The molecule has 1 saturated heterocycles. The number of nitrogens with zero attached hydrogens (tertiary/aromatic N) is 4. The first-order valence-corrected chi connectivity index (χ1v) is 12.7. The number of carbonyl (C=O) groups is 1. The quantitative estimate of drug-likeness (QED) is 0.282. The smallest absolute Gasteiger partial charge is 0.274 e. The van der Waals surface area contributed by atoms with E-state index in [4.69, 9.17) is 4.74 Å². The lowest BCUT2D eigenvalue weighted by molar-refractivity contribution is -0.118. The van der Waals surface area contributed by atoms with Crippen LogP contribution in [0, 0.1) is 0 Å². The fourth-order valence-corrected chi connectivity index (χ4v) is 5.46. The zero-order valence-electron chi connectivity index (χ0n) is 18.6. The zero-order chi connectivity index (χ0) is 23.2. The van der Waals surface area contributed by atoms with Gasteiger partial charge in [0.15, 0.2) is 15.9 Å². The summed E-state index contributed by atoms with van der Waals surface area (Å²) in [6, 6.07) is 7.53. The first-order valence-electron chi connectivity index (χ1n) is 10.9. The first kappa shape index (κ1) is 23.3. The van der Waals surface area contributed by atoms with Crippen LogP contribution in [0.15, 0.2) is 46.9 Å². The lowest BCUT2D eigenvalue weighted by atomic mass is 10.1. The molecule has 1 amide bonds. The summed E-state index contributed by atoms with van der Waals surface area (Å²) in [7, 11) is 1.62. The van der Waals surface area contributed by atoms with Crippen molar-refractivity contribution in [3.63, 3.8) is 0 Å². The number of methoxy groups -OCH3 is 1. The highest BCUT2D eigenvalue weighted by molar-refractivity contribution is 7.99. The molecular weight excluding hydrogens is 458 g/mol. The highest BCUT2D eigenvalue weighted by Crippen LogP contribution is 2.29. The number of fused-ring (bicyclic) bond motifs is 1. The van der Waals surface area contributed by atoms with Gasteiger partial charge in [-0.25, -0.2) is 4.98 Å². The normalized spacial score (nSPS) is 13.8. The Kier molecular flexibility index (Phi) is 7.66. The molecule has 0 spiro atoms. The lowest BCUT2D eigenvalue weighted by Gasteiger charge is -2.25. The Labute approximate surface area is 200 Å². The van der Waals surface area contributed by atoms with E-state index in [2.05, 4.69) is 26.8 Å². The summed E-state index contributed by atoms with van der Waals surface area (Å²) in [5, 5.41) is 4.22. The molecule has 0 unspecified atom stereocenters. The van der Waals surface area contributed by atoms with Crippen molar-refractivity contribution in [1.29, 1.82) is 0 Å². The molecule has 33 heavy (non-hydrogen) atoms. The zero-order valence-corrected chi connectivity index (χ0v) is 20.2. The summed E-state index contributed by atoms with van der Waals surface area (Å²) in [5.74, 6) is 0.782. The molecule has 2 aromatic heterocycles. The van der Waals surface area contributed by atoms with E-state index in [0.29, 0.717) is 28.6 Å². The Balaban J connectivity index is 1.47. The Morgan fingerprint density at radius 1 is 1.24 bits per heavy atom. The van der Waals surface area contributed by atoms with Crippen LogP contribution in [0.1, 0.15) is 24.8 Å². The van der Waals surface area contributed by atoms with Crippen LogP contribution in [0.2, 0.25) is 0 Å². The topological polar surface area (TPSA) is 89.3 Å². The van der Waals surface area contributed by atoms with E-state index in [0.717, 1.165) is 42.4 Å². The van der Waals surface area contributed by atoms with Gasteiger partial charge in [-0.15, -0.1) is 6.58 Å². The fraction of sp³-hybridized carbons (Fsp3) is 0.391. The van der Waals surface area contributed by atoms with E-state index < -0.39 is 0 Å². The second-order valence-corrected chi connectivity index (χ2v) is 9.63. The van der Waals surface area contributed by atoms with Crippen LogP contribution < -0.4 is 20.5 Å². The predicted octanol–water partition coefficient (Wildman–Crippen LogP) is 3.45.